The van der Waals surface area contributed by atoms with Gasteiger partial charge in [-0.25, -0.2) is 23.4 Å². The maximum atomic E-state index is 12.9. The third-order valence-electron chi connectivity index (χ3n) is 5.03. The second-order valence-corrected chi connectivity index (χ2v) is 9.28. The van der Waals surface area contributed by atoms with Crippen molar-refractivity contribution in [3.8, 4) is 17.3 Å². The summed E-state index contributed by atoms with van der Waals surface area (Å²) in [5.74, 6) is 2.87. The van der Waals surface area contributed by atoms with Gasteiger partial charge in [-0.2, -0.15) is 0 Å². The maximum Gasteiger partial charge on any atom is 0.262 e. The van der Waals surface area contributed by atoms with Gasteiger partial charge >= 0.3 is 0 Å². The molecule has 2 aromatic heterocycles. The van der Waals surface area contributed by atoms with Crippen LogP contribution in [0.1, 0.15) is 12.2 Å². The van der Waals surface area contributed by atoms with Crippen LogP contribution in [-0.2, 0) is 10.0 Å². The molecule has 1 aliphatic rings. The van der Waals surface area contributed by atoms with Gasteiger partial charge in [0, 0.05) is 42.3 Å². The monoisotopic (exact) mass is 478 g/mol. The zero-order valence-electron chi connectivity index (χ0n) is 18.3. The summed E-state index contributed by atoms with van der Waals surface area (Å²) >= 11 is 0. The first-order valence-electron chi connectivity index (χ1n) is 10.6. The Hall–Kier alpha value is -4.12. The van der Waals surface area contributed by atoms with Gasteiger partial charge in [0.25, 0.3) is 10.0 Å². The first kappa shape index (κ1) is 21.7. The highest BCUT2D eigenvalue weighted by molar-refractivity contribution is 7.92. The molecule has 10 nitrogen and oxygen atoms in total. The Kier molecular flexibility index (Phi) is 5.76. The molecule has 0 radical (unpaired) electrons. The highest BCUT2D eigenvalue weighted by Gasteiger charge is 2.19. The number of hydrogen-bond acceptors (Lipinski definition) is 8. The standard InChI is InChI=1S/C23H22N6O4S/c1-16-25-22(14-23(26-16)29-10-9-24-15-29)27-17-3-5-18(6-4-17)28-34(30,31)19-7-8-20-21(13-19)33-12-2-11-32-20/h3-10,13-15,28H,2,11-12H2,1H3,(H,25,26,27). The number of fused-ring (bicyclic) bond motifs is 1. The van der Waals surface area contributed by atoms with Crippen molar-refractivity contribution in [2.24, 2.45) is 0 Å². The van der Waals surface area contributed by atoms with Crippen molar-refractivity contribution in [3.05, 3.63) is 73.1 Å². The molecule has 0 saturated carbocycles. The van der Waals surface area contributed by atoms with Gasteiger partial charge in [0.05, 0.1) is 18.1 Å². The first-order valence-corrected chi connectivity index (χ1v) is 12.1. The fraction of sp³-hybridized carbons (Fsp3) is 0.174. The molecule has 5 rings (SSSR count). The smallest absolute Gasteiger partial charge is 0.262 e. The predicted molar refractivity (Wildman–Crippen MR) is 126 cm³/mol. The van der Waals surface area contributed by atoms with Gasteiger partial charge in [0.1, 0.15) is 23.8 Å². The molecule has 0 fully saturated rings. The lowest BCUT2D eigenvalue weighted by atomic mass is 10.3. The first-order chi connectivity index (χ1) is 16.5. The quantitative estimate of drug-likeness (QED) is 0.431. The van der Waals surface area contributed by atoms with Crippen molar-refractivity contribution < 1.29 is 17.9 Å². The van der Waals surface area contributed by atoms with E-state index >= 15 is 0 Å². The van der Waals surface area contributed by atoms with E-state index in [1.807, 2.05) is 6.92 Å². The molecule has 34 heavy (non-hydrogen) atoms. The Morgan fingerprint density at radius 1 is 0.941 bits per heavy atom. The van der Waals surface area contributed by atoms with Crippen LogP contribution < -0.4 is 19.5 Å². The molecule has 3 heterocycles. The number of benzene rings is 2. The van der Waals surface area contributed by atoms with Crippen LogP contribution in [0.4, 0.5) is 17.2 Å². The van der Waals surface area contributed by atoms with E-state index in [9.17, 15) is 8.42 Å². The van der Waals surface area contributed by atoms with Crippen LogP contribution in [0, 0.1) is 6.92 Å². The van der Waals surface area contributed by atoms with Crippen LogP contribution in [0.3, 0.4) is 0 Å². The van der Waals surface area contributed by atoms with Crippen LogP contribution in [-0.4, -0.2) is 41.2 Å². The number of anilines is 3. The molecule has 0 aliphatic carbocycles. The molecule has 0 spiro atoms. The molecule has 1 aliphatic heterocycles. The van der Waals surface area contributed by atoms with Crippen molar-refractivity contribution in [3.63, 3.8) is 0 Å². The summed E-state index contributed by atoms with van der Waals surface area (Å²) in [5.41, 5.74) is 1.17. The van der Waals surface area contributed by atoms with E-state index < -0.39 is 10.0 Å². The van der Waals surface area contributed by atoms with E-state index in [0.29, 0.717) is 47.9 Å². The number of nitrogens with zero attached hydrogens (tertiary/aromatic N) is 4. The van der Waals surface area contributed by atoms with Gasteiger partial charge in [-0.1, -0.05) is 0 Å². The number of aryl methyl sites for hydroxylation is 1. The fourth-order valence-electron chi connectivity index (χ4n) is 3.44. The second-order valence-electron chi connectivity index (χ2n) is 7.60. The summed E-state index contributed by atoms with van der Waals surface area (Å²) in [6.07, 6.45) is 5.89. The molecule has 2 N–H and O–H groups in total. The molecular formula is C23H22N6O4S. The largest absolute Gasteiger partial charge is 0.490 e. The van der Waals surface area contributed by atoms with E-state index in [-0.39, 0.29) is 4.90 Å². The van der Waals surface area contributed by atoms with Gasteiger partial charge in [-0.3, -0.25) is 9.29 Å². The van der Waals surface area contributed by atoms with Crippen LogP contribution in [0.2, 0.25) is 0 Å². The van der Waals surface area contributed by atoms with Crippen molar-refractivity contribution in [1.29, 1.82) is 0 Å². The Labute approximate surface area is 196 Å². The van der Waals surface area contributed by atoms with Gasteiger partial charge in [0.2, 0.25) is 0 Å². The van der Waals surface area contributed by atoms with Crippen molar-refractivity contribution >= 4 is 27.2 Å². The van der Waals surface area contributed by atoms with Gasteiger partial charge in [0.15, 0.2) is 11.5 Å². The van der Waals surface area contributed by atoms with Crippen molar-refractivity contribution in [1.82, 2.24) is 19.5 Å². The zero-order chi connectivity index (χ0) is 23.5. The summed E-state index contributed by atoms with van der Waals surface area (Å²) in [6, 6.07) is 13.3. The van der Waals surface area contributed by atoms with Crippen LogP contribution in [0.5, 0.6) is 11.5 Å². The second kappa shape index (κ2) is 9.02. The molecule has 0 atom stereocenters. The topological polar surface area (TPSA) is 120 Å². The summed E-state index contributed by atoms with van der Waals surface area (Å²) in [4.78, 5) is 13.0. The molecular weight excluding hydrogens is 456 g/mol. The van der Waals surface area contributed by atoms with Gasteiger partial charge < -0.3 is 14.8 Å². The zero-order valence-corrected chi connectivity index (χ0v) is 19.1. The Morgan fingerprint density at radius 2 is 1.71 bits per heavy atom. The average Bonchev–Trinajstić information content (AvgIpc) is 3.25. The number of hydrogen-bond donors (Lipinski definition) is 2. The molecule has 174 valence electrons. The lowest BCUT2D eigenvalue weighted by molar-refractivity contribution is 0.297. The summed E-state index contributed by atoms with van der Waals surface area (Å²) in [7, 11) is -3.80. The van der Waals surface area contributed by atoms with E-state index in [2.05, 4.69) is 25.0 Å². The fourth-order valence-corrected chi connectivity index (χ4v) is 4.51. The summed E-state index contributed by atoms with van der Waals surface area (Å²) in [6.45, 7) is 2.83. The lowest BCUT2D eigenvalue weighted by Gasteiger charge is -2.12. The molecule has 0 saturated heterocycles. The molecule has 2 aromatic carbocycles. The average molecular weight is 479 g/mol. The number of rotatable bonds is 6. The Morgan fingerprint density at radius 3 is 2.47 bits per heavy atom. The molecule has 0 amide bonds. The van der Waals surface area contributed by atoms with Crippen LogP contribution >= 0.6 is 0 Å². The van der Waals surface area contributed by atoms with E-state index in [1.165, 1.54) is 12.1 Å². The van der Waals surface area contributed by atoms with Gasteiger partial charge in [-0.05, 0) is 43.3 Å². The number of ether oxygens (including phenoxy) is 2. The maximum absolute atomic E-state index is 12.9. The van der Waals surface area contributed by atoms with Gasteiger partial charge in [-0.15, -0.1) is 0 Å². The van der Waals surface area contributed by atoms with Crippen molar-refractivity contribution in [2.45, 2.75) is 18.2 Å². The minimum absolute atomic E-state index is 0.0995. The van der Waals surface area contributed by atoms with Crippen LogP contribution in [0.25, 0.3) is 5.82 Å². The van der Waals surface area contributed by atoms with Crippen molar-refractivity contribution in [2.75, 3.05) is 23.3 Å². The normalized spacial score (nSPS) is 13.2. The molecule has 0 bridgehead atoms. The van der Waals surface area contributed by atoms with Crippen LogP contribution in [0.15, 0.2) is 72.1 Å². The summed E-state index contributed by atoms with van der Waals surface area (Å²) in [5, 5.41) is 3.22. The van der Waals surface area contributed by atoms with E-state index in [1.54, 1.807) is 59.7 Å². The lowest BCUT2D eigenvalue weighted by Crippen LogP contribution is -2.13. The SMILES string of the molecule is Cc1nc(Nc2ccc(NS(=O)(=O)c3ccc4c(c3)OCCCO4)cc2)cc(-n2ccnc2)n1. The molecule has 11 heteroatoms. The molecule has 4 aromatic rings. The number of aromatic nitrogens is 4. The number of sulfonamides is 1. The third kappa shape index (κ3) is 4.79. The predicted octanol–water partition coefficient (Wildman–Crippen LogP) is 3.68. The molecule has 0 unspecified atom stereocenters. The Bertz CT molecular complexity index is 1410. The third-order valence-corrected chi connectivity index (χ3v) is 6.41. The number of nitrogens with one attached hydrogen (secondary N) is 2. The highest BCUT2D eigenvalue weighted by atomic mass is 32.2. The Balaban J connectivity index is 1.31. The minimum Gasteiger partial charge on any atom is -0.490 e. The van der Waals surface area contributed by atoms with E-state index in [4.69, 9.17) is 9.47 Å². The van der Waals surface area contributed by atoms with E-state index in [0.717, 1.165) is 12.1 Å². The number of imidazole rings is 1. The minimum atomic E-state index is -3.80. The highest BCUT2D eigenvalue weighted by Crippen LogP contribution is 2.32. The summed E-state index contributed by atoms with van der Waals surface area (Å²) < 4.78 is 41.3.